The van der Waals surface area contributed by atoms with Crippen molar-refractivity contribution in [2.75, 3.05) is 32.8 Å². The predicted octanol–water partition coefficient (Wildman–Crippen LogP) is 4.53. The fourth-order valence-electron chi connectivity index (χ4n) is 5.51. The van der Waals surface area contributed by atoms with E-state index in [9.17, 15) is 22.8 Å². The smallest absolute Gasteiger partial charge is 0.416 e. The number of hydrogen-bond acceptors (Lipinski definition) is 5. The molecule has 0 aromatic heterocycles. The average molecular weight is 546 g/mol. The molecule has 2 aromatic rings. The highest BCUT2D eigenvalue weighted by atomic mass is 19.4. The van der Waals surface area contributed by atoms with E-state index in [0.717, 1.165) is 48.3 Å². The van der Waals surface area contributed by atoms with Crippen LogP contribution < -0.4 is 5.32 Å². The van der Waals surface area contributed by atoms with Gasteiger partial charge in [-0.2, -0.15) is 13.2 Å². The topological polar surface area (TPSA) is 71.1 Å². The summed E-state index contributed by atoms with van der Waals surface area (Å²) in [6.07, 6.45) is -0.878. The number of halogens is 3. The Bertz CT molecular complexity index is 1140. The molecule has 2 aromatic carbocycles. The molecule has 210 valence electrons. The number of ether oxygens (including phenoxy) is 2. The molecule has 0 aliphatic carbocycles. The Balaban J connectivity index is 1.07. The van der Waals surface area contributed by atoms with Crippen molar-refractivity contribution in [3.63, 3.8) is 0 Å². The van der Waals surface area contributed by atoms with Crippen LogP contribution in [0.3, 0.4) is 0 Å². The summed E-state index contributed by atoms with van der Waals surface area (Å²) in [6, 6.07) is 13.0. The SMILES string of the molecule is O=C(Cc1ccc(CN2CC3(CCN(Cc4ccc(C(F)(F)F)cc4)CC3)OC2=O)cc1)NCC1CCCO1. The molecule has 39 heavy (non-hydrogen) atoms. The number of likely N-dealkylation sites (tertiary alicyclic amines) is 1. The monoisotopic (exact) mass is 545 g/mol. The Hall–Kier alpha value is -3.11. The second-order valence-corrected chi connectivity index (χ2v) is 10.8. The molecule has 2 amide bonds. The number of carbonyl (C=O) groups is 2. The zero-order chi connectivity index (χ0) is 27.5. The highest BCUT2D eigenvalue weighted by molar-refractivity contribution is 5.78. The Kier molecular flexibility index (Phi) is 8.13. The summed E-state index contributed by atoms with van der Waals surface area (Å²) >= 11 is 0. The Labute approximate surface area is 226 Å². The van der Waals surface area contributed by atoms with Gasteiger partial charge in [-0.1, -0.05) is 36.4 Å². The minimum atomic E-state index is -4.34. The highest BCUT2D eigenvalue weighted by Gasteiger charge is 2.46. The minimum absolute atomic E-state index is 0.0343. The van der Waals surface area contributed by atoms with E-state index in [0.29, 0.717) is 58.5 Å². The van der Waals surface area contributed by atoms with E-state index in [1.54, 1.807) is 4.90 Å². The number of carbonyl (C=O) groups excluding carboxylic acids is 2. The van der Waals surface area contributed by atoms with Crippen LogP contribution >= 0.6 is 0 Å². The van der Waals surface area contributed by atoms with Crippen molar-refractivity contribution in [2.45, 2.75) is 63.1 Å². The third-order valence-electron chi connectivity index (χ3n) is 7.81. The van der Waals surface area contributed by atoms with E-state index in [2.05, 4.69) is 10.2 Å². The lowest BCUT2D eigenvalue weighted by molar-refractivity contribution is -0.137. The number of nitrogens with zero attached hydrogens (tertiary/aromatic N) is 2. The molecule has 1 spiro atoms. The quantitative estimate of drug-likeness (QED) is 0.528. The molecule has 3 fully saturated rings. The zero-order valence-electron chi connectivity index (χ0n) is 21.8. The van der Waals surface area contributed by atoms with E-state index in [-0.39, 0.29) is 18.1 Å². The van der Waals surface area contributed by atoms with Crippen molar-refractivity contribution in [2.24, 2.45) is 0 Å². The molecule has 0 radical (unpaired) electrons. The molecule has 3 heterocycles. The van der Waals surface area contributed by atoms with E-state index in [4.69, 9.17) is 9.47 Å². The van der Waals surface area contributed by atoms with Crippen LogP contribution in [0.1, 0.15) is 47.9 Å². The molecule has 10 heteroatoms. The first-order chi connectivity index (χ1) is 18.7. The minimum Gasteiger partial charge on any atom is -0.441 e. The second kappa shape index (κ2) is 11.6. The summed E-state index contributed by atoms with van der Waals surface area (Å²) < 4.78 is 49.8. The maximum absolute atomic E-state index is 12.8. The molecular weight excluding hydrogens is 511 g/mol. The maximum atomic E-state index is 12.8. The van der Waals surface area contributed by atoms with Gasteiger partial charge in [-0.05, 0) is 41.7 Å². The molecule has 3 aliphatic heterocycles. The van der Waals surface area contributed by atoms with Gasteiger partial charge in [0.15, 0.2) is 0 Å². The van der Waals surface area contributed by atoms with Crippen LogP contribution in [0, 0.1) is 0 Å². The first-order valence-corrected chi connectivity index (χ1v) is 13.5. The first kappa shape index (κ1) is 27.5. The van der Waals surface area contributed by atoms with Crippen molar-refractivity contribution in [1.82, 2.24) is 15.1 Å². The average Bonchev–Trinajstić information content (AvgIpc) is 3.53. The molecule has 3 saturated heterocycles. The Morgan fingerprint density at radius 2 is 1.62 bits per heavy atom. The largest absolute Gasteiger partial charge is 0.441 e. The summed E-state index contributed by atoms with van der Waals surface area (Å²) in [5.74, 6) is -0.0343. The van der Waals surface area contributed by atoms with Gasteiger partial charge in [0.2, 0.25) is 5.91 Å². The number of alkyl halides is 3. The van der Waals surface area contributed by atoms with Crippen LogP contribution in [-0.2, 0) is 40.0 Å². The van der Waals surface area contributed by atoms with Crippen molar-refractivity contribution in [1.29, 1.82) is 0 Å². The fraction of sp³-hybridized carbons (Fsp3) is 0.517. The van der Waals surface area contributed by atoms with Crippen LogP contribution in [0.4, 0.5) is 18.0 Å². The third-order valence-corrected chi connectivity index (χ3v) is 7.81. The summed E-state index contributed by atoms with van der Waals surface area (Å²) in [6.45, 7) is 4.21. The molecule has 1 unspecified atom stereocenters. The summed E-state index contributed by atoms with van der Waals surface area (Å²) in [5, 5.41) is 2.93. The Morgan fingerprint density at radius 1 is 0.974 bits per heavy atom. The number of rotatable bonds is 8. The van der Waals surface area contributed by atoms with Gasteiger partial charge < -0.3 is 14.8 Å². The van der Waals surface area contributed by atoms with Gasteiger partial charge in [0, 0.05) is 52.2 Å². The molecule has 1 N–H and O–H groups in total. The van der Waals surface area contributed by atoms with Gasteiger partial charge >= 0.3 is 12.3 Å². The van der Waals surface area contributed by atoms with Crippen molar-refractivity contribution in [3.05, 3.63) is 70.8 Å². The number of nitrogens with one attached hydrogen (secondary N) is 1. The highest BCUT2D eigenvalue weighted by Crippen LogP contribution is 2.35. The molecular formula is C29H34F3N3O4. The van der Waals surface area contributed by atoms with Gasteiger partial charge in [-0.3, -0.25) is 14.6 Å². The number of piperidine rings is 1. The van der Waals surface area contributed by atoms with E-state index in [1.165, 1.54) is 12.1 Å². The lowest BCUT2D eigenvalue weighted by atomic mass is 9.91. The van der Waals surface area contributed by atoms with Gasteiger partial charge in [0.1, 0.15) is 5.60 Å². The van der Waals surface area contributed by atoms with Crippen LogP contribution in [0.2, 0.25) is 0 Å². The van der Waals surface area contributed by atoms with Gasteiger partial charge in [0.05, 0.1) is 24.6 Å². The predicted molar refractivity (Wildman–Crippen MR) is 138 cm³/mol. The van der Waals surface area contributed by atoms with E-state index >= 15 is 0 Å². The summed E-state index contributed by atoms with van der Waals surface area (Å²) in [4.78, 5) is 28.8. The van der Waals surface area contributed by atoms with Crippen LogP contribution in [0.15, 0.2) is 48.5 Å². The van der Waals surface area contributed by atoms with Gasteiger partial charge in [0.25, 0.3) is 0 Å². The first-order valence-electron chi connectivity index (χ1n) is 13.5. The van der Waals surface area contributed by atoms with Gasteiger partial charge in [-0.25, -0.2) is 4.79 Å². The number of benzene rings is 2. The molecule has 7 nitrogen and oxygen atoms in total. The fourth-order valence-corrected chi connectivity index (χ4v) is 5.51. The lowest BCUT2D eigenvalue weighted by Gasteiger charge is -2.37. The van der Waals surface area contributed by atoms with Crippen LogP contribution in [-0.4, -0.2) is 66.3 Å². The molecule has 3 aliphatic rings. The summed E-state index contributed by atoms with van der Waals surface area (Å²) in [7, 11) is 0. The third kappa shape index (κ3) is 7.10. The molecule has 1 atom stereocenters. The van der Waals surface area contributed by atoms with E-state index < -0.39 is 17.3 Å². The molecule has 0 bridgehead atoms. The van der Waals surface area contributed by atoms with Crippen molar-refractivity contribution < 1.29 is 32.2 Å². The van der Waals surface area contributed by atoms with Crippen LogP contribution in [0.25, 0.3) is 0 Å². The van der Waals surface area contributed by atoms with Gasteiger partial charge in [-0.15, -0.1) is 0 Å². The Morgan fingerprint density at radius 3 is 2.26 bits per heavy atom. The zero-order valence-corrected chi connectivity index (χ0v) is 21.8. The van der Waals surface area contributed by atoms with Crippen molar-refractivity contribution in [3.8, 4) is 0 Å². The molecule has 5 rings (SSSR count). The maximum Gasteiger partial charge on any atom is 0.416 e. The normalized spacial score (nSPS) is 21.4. The number of amides is 2. The number of hydrogen-bond donors (Lipinski definition) is 1. The lowest BCUT2D eigenvalue weighted by Crippen LogP contribution is -2.46. The van der Waals surface area contributed by atoms with E-state index in [1.807, 2.05) is 24.3 Å². The molecule has 0 saturated carbocycles. The summed E-state index contributed by atoms with van der Waals surface area (Å²) in [5.41, 5.74) is 1.52. The van der Waals surface area contributed by atoms with Crippen LogP contribution in [0.5, 0.6) is 0 Å². The standard InChI is InChI=1S/C29H34F3N3O4/c30-29(31,32)24-9-7-22(8-10-24)18-34-13-11-28(12-14-34)20-35(27(37)39-28)19-23-5-3-21(4-6-23)16-26(36)33-17-25-2-1-15-38-25/h3-10,25H,1-2,11-20H2,(H,33,36). The second-order valence-electron chi connectivity index (χ2n) is 10.8. The van der Waals surface area contributed by atoms with Crippen molar-refractivity contribution >= 4 is 12.0 Å².